The highest BCUT2D eigenvalue weighted by Crippen LogP contribution is 2.28. The summed E-state index contributed by atoms with van der Waals surface area (Å²) < 4.78 is 6.35. The molecule has 1 fully saturated rings. The molecule has 2 heterocycles. The van der Waals surface area contributed by atoms with Crippen molar-refractivity contribution in [3.8, 4) is 5.75 Å². The number of likely N-dealkylation sites (tertiary alicyclic amines) is 1. The van der Waals surface area contributed by atoms with Gasteiger partial charge in [-0.15, -0.1) is 0 Å². The van der Waals surface area contributed by atoms with Gasteiger partial charge in [-0.3, -0.25) is 10.00 Å². The van der Waals surface area contributed by atoms with Crippen LogP contribution in [0.4, 0.5) is 0 Å². The highest BCUT2D eigenvalue weighted by molar-refractivity contribution is 5.84. The number of aromatic nitrogens is 2. The van der Waals surface area contributed by atoms with Gasteiger partial charge in [-0.05, 0) is 110 Å². The van der Waals surface area contributed by atoms with Crippen molar-refractivity contribution in [2.75, 3.05) is 13.1 Å². The highest BCUT2D eigenvalue weighted by Gasteiger charge is 2.12. The van der Waals surface area contributed by atoms with Gasteiger partial charge in [0, 0.05) is 12.7 Å². The van der Waals surface area contributed by atoms with E-state index in [-0.39, 0.29) is 0 Å². The fraction of sp³-hybridized carbons (Fsp3) is 0.296. The molecule has 0 spiro atoms. The summed E-state index contributed by atoms with van der Waals surface area (Å²) in [5.74, 6) is 1.81. The maximum Gasteiger partial charge on any atom is 0.128 e. The van der Waals surface area contributed by atoms with Gasteiger partial charge in [0.1, 0.15) is 11.5 Å². The standard InChI is InChI=1S/C27H29N3O/c1-20-5-4-6-22(26-13-14-28-29-26)10-12-27(20)31-25-11-9-23-17-21(7-8-24(23)18-25)19-30-15-2-3-16-30/h6-14,17-18H,2-5,15-16,19H2,1H3,(H,28,29). The van der Waals surface area contributed by atoms with Gasteiger partial charge in [-0.1, -0.05) is 24.3 Å². The maximum absolute atomic E-state index is 6.35. The summed E-state index contributed by atoms with van der Waals surface area (Å²) in [4.78, 5) is 2.54. The lowest BCUT2D eigenvalue weighted by molar-refractivity contribution is 0.331. The first-order chi connectivity index (χ1) is 15.2. The van der Waals surface area contributed by atoms with E-state index in [9.17, 15) is 0 Å². The number of H-pyrrole nitrogens is 1. The van der Waals surface area contributed by atoms with Crippen molar-refractivity contribution >= 4 is 16.3 Å². The first-order valence-electron chi connectivity index (χ1n) is 11.3. The van der Waals surface area contributed by atoms with E-state index in [1.165, 1.54) is 47.8 Å². The molecule has 2 aromatic carbocycles. The Balaban J connectivity index is 1.34. The number of aromatic amines is 1. The average molecular weight is 412 g/mol. The molecule has 4 nitrogen and oxygen atoms in total. The molecule has 1 saturated heterocycles. The number of benzene rings is 2. The second-order valence-corrected chi connectivity index (χ2v) is 8.57. The zero-order valence-corrected chi connectivity index (χ0v) is 18.1. The number of allylic oxidation sites excluding steroid dienone is 5. The molecular weight excluding hydrogens is 382 g/mol. The Morgan fingerprint density at radius 1 is 1.00 bits per heavy atom. The van der Waals surface area contributed by atoms with Crippen molar-refractivity contribution < 1.29 is 4.74 Å². The molecule has 0 unspecified atom stereocenters. The van der Waals surface area contributed by atoms with Gasteiger partial charge < -0.3 is 4.74 Å². The minimum absolute atomic E-state index is 0.881. The van der Waals surface area contributed by atoms with E-state index in [0.29, 0.717) is 0 Å². The molecule has 0 bridgehead atoms. The second-order valence-electron chi connectivity index (χ2n) is 8.57. The molecule has 0 saturated carbocycles. The summed E-state index contributed by atoms with van der Waals surface area (Å²) in [5.41, 5.74) is 4.83. The molecule has 0 amide bonds. The Morgan fingerprint density at radius 3 is 2.68 bits per heavy atom. The van der Waals surface area contributed by atoms with Crippen LogP contribution in [0, 0.1) is 0 Å². The lowest BCUT2D eigenvalue weighted by atomic mass is 10.0. The van der Waals surface area contributed by atoms with E-state index in [1.807, 2.05) is 6.07 Å². The van der Waals surface area contributed by atoms with E-state index in [4.69, 9.17) is 4.74 Å². The second kappa shape index (κ2) is 8.94. The molecule has 0 radical (unpaired) electrons. The van der Waals surface area contributed by atoms with Crippen LogP contribution in [0.3, 0.4) is 0 Å². The van der Waals surface area contributed by atoms with Gasteiger partial charge in [0.15, 0.2) is 0 Å². The third-order valence-corrected chi connectivity index (χ3v) is 6.24. The van der Waals surface area contributed by atoms with Crippen LogP contribution in [0.15, 0.2) is 78.2 Å². The number of hydrogen-bond acceptors (Lipinski definition) is 3. The average Bonchev–Trinajstić information content (AvgIpc) is 3.48. The fourth-order valence-corrected chi connectivity index (χ4v) is 4.44. The van der Waals surface area contributed by atoms with E-state index < -0.39 is 0 Å². The van der Waals surface area contributed by atoms with Gasteiger partial charge in [-0.2, -0.15) is 5.10 Å². The van der Waals surface area contributed by atoms with E-state index >= 15 is 0 Å². The van der Waals surface area contributed by atoms with Gasteiger partial charge >= 0.3 is 0 Å². The lowest BCUT2D eigenvalue weighted by Crippen LogP contribution is -2.18. The molecule has 3 aromatic rings. The molecule has 2 aliphatic rings. The van der Waals surface area contributed by atoms with Gasteiger partial charge in [0.25, 0.3) is 0 Å². The number of rotatable bonds is 5. The smallest absolute Gasteiger partial charge is 0.128 e. The third kappa shape index (κ3) is 4.64. The Morgan fingerprint density at radius 2 is 1.84 bits per heavy atom. The van der Waals surface area contributed by atoms with Crippen LogP contribution < -0.4 is 4.74 Å². The van der Waals surface area contributed by atoms with E-state index in [0.717, 1.165) is 42.2 Å². The largest absolute Gasteiger partial charge is 0.457 e. The van der Waals surface area contributed by atoms with Gasteiger partial charge in [-0.25, -0.2) is 0 Å². The Bertz CT molecular complexity index is 1150. The maximum atomic E-state index is 6.35. The molecule has 1 aliphatic carbocycles. The molecule has 1 aliphatic heterocycles. The summed E-state index contributed by atoms with van der Waals surface area (Å²) in [5, 5.41) is 9.61. The first-order valence-corrected chi connectivity index (χ1v) is 11.3. The number of ether oxygens (including phenoxy) is 1. The Hall–Kier alpha value is -3.11. The zero-order chi connectivity index (χ0) is 21.0. The minimum Gasteiger partial charge on any atom is -0.457 e. The molecule has 1 N–H and O–H groups in total. The zero-order valence-electron chi connectivity index (χ0n) is 18.1. The first kappa shape index (κ1) is 19.8. The van der Waals surface area contributed by atoms with E-state index in [1.54, 1.807) is 6.20 Å². The Labute approximate surface area is 183 Å². The molecule has 1 aromatic heterocycles. The van der Waals surface area contributed by atoms with Crippen LogP contribution >= 0.6 is 0 Å². The summed E-state index contributed by atoms with van der Waals surface area (Å²) >= 11 is 0. The van der Waals surface area contributed by atoms with E-state index in [2.05, 4.69) is 76.6 Å². The summed E-state index contributed by atoms with van der Waals surface area (Å²) in [6.07, 6.45) is 12.8. The molecular formula is C27H29N3O. The minimum atomic E-state index is 0.881. The summed E-state index contributed by atoms with van der Waals surface area (Å²) in [7, 11) is 0. The van der Waals surface area contributed by atoms with Crippen LogP contribution in [-0.4, -0.2) is 28.2 Å². The predicted molar refractivity (Wildman–Crippen MR) is 127 cm³/mol. The van der Waals surface area contributed by atoms with Crippen LogP contribution in [-0.2, 0) is 6.54 Å². The monoisotopic (exact) mass is 411 g/mol. The number of nitrogens with zero attached hydrogens (tertiary/aromatic N) is 2. The van der Waals surface area contributed by atoms with Gasteiger partial charge in [0.2, 0.25) is 0 Å². The van der Waals surface area contributed by atoms with Crippen molar-refractivity contribution in [3.63, 3.8) is 0 Å². The molecule has 4 heteroatoms. The number of hydrogen-bond donors (Lipinski definition) is 1. The highest BCUT2D eigenvalue weighted by atomic mass is 16.5. The number of nitrogens with one attached hydrogen (secondary N) is 1. The van der Waals surface area contributed by atoms with Crippen LogP contribution in [0.2, 0.25) is 0 Å². The molecule has 158 valence electrons. The molecule has 31 heavy (non-hydrogen) atoms. The SMILES string of the molecule is CC1=C(Oc2ccc3cc(CN4CCCC4)ccc3c2)C=CC(c2ccn[nH]2)=CCC1. The molecule has 5 rings (SSSR count). The molecule has 0 atom stereocenters. The van der Waals surface area contributed by atoms with Gasteiger partial charge in [0.05, 0.1) is 5.69 Å². The number of fused-ring (bicyclic) bond motifs is 1. The van der Waals surface area contributed by atoms with Crippen molar-refractivity contribution in [2.45, 2.75) is 39.2 Å². The van der Waals surface area contributed by atoms with Crippen molar-refractivity contribution in [3.05, 3.63) is 89.5 Å². The van der Waals surface area contributed by atoms with Crippen LogP contribution in [0.5, 0.6) is 5.75 Å². The third-order valence-electron chi connectivity index (χ3n) is 6.24. The predicted octanol–water partition coefficient (Wildman–Crippen LogP) is 6.25. The van der Waals surface area contributed by atoms with Crippen molar-refractivity contribution in [2.24, 2.45) is 0 Å². The summed E-state index contributed by atoms with van der Waals surface area (Å²) in [6.45, 7) is 5.66. The Kier molecular flexibility index (Phi) is 5.72. The van der Waals surface area contributed by atoms with Crippen molar-refractivity contribution in [1.82, 2.24) is 15.1 Å². The van der Waals surface area contributed by atoms with Crippen LogP contribution in [0.1, 0.15) is 43.9 Å². The fourth-order valence-electron chi connectivity index (χ4n) is 4.44. The lowest BCUT2D eigenvalue weighted by Gasteiger charge is -2.16. The summed E-state index contributed by atoms with van der Waals surface area (Å²) in [6, 6.07) is 15.2. The van der Waals surface area contributed by atoms with Crippen LogP contribution in [0.25, 0.3) is 16.3 Å². The topological polar surface area (TPSA) is 41.1 Å². The normalized spacial score (nSPS) is 17.6. The van der Waals surface area contributed by atoms with Crippen molar-refractivity contribution in [1.29, 1.82) is 0 Å². The quantitative estimate of drug-likeness (QED) is 0.540.